The van der Waals surface area contributed by atoms with Gasteiger partial charge in [0, 0.05) is 5.56 Å². The van der Waals surface area contributed by atoms with E-state index in [4.69, 9.17) is 5.11 Å². The summed E-state index contributed by atoms with van der Waals surface area (Å²) in [5.74, 6) is -1.27. The first-order valence-electron chi connectivity index (χ1n) is 7.53. The van der Waals surface area contributed by atoms with Crippen LogP contribution in [0.4, 0.5) is 4.39 Å². The molecular weight excluding hydrogens is 307 g/mol. The van der Waals surface area contributed by atoms with Gasteiger partial charge >= 0.3 is 0 Å². The van der Waals surface area contributed by atoms with Gasteiger partial charge in [0.15, 0.2) is 17.3 Å². The second kappa shape index (κ2) is 7.59. The SMILES string of the molecule is CC(C)=CCc1cc(C(=O)/C=C/c2ccc(O)c(F)c2)ccc1O. The number of benzene rings is 2. The molecule has 0 amide bonds. The first-order chi connectivity index (χ1) is 11.4. The van der Waals surface area contributed by atoms with E-state index in [0.717, 1.165) is 11.6 Å². The summed E-state index contributed by atoms with van der Waals surface area (Å²) in [6.45, 7) is 3.93. The van der Waals surface area contributed by atoms with Crippen LogP contribution in [0.3, 0.4) is 0 Å². The largest absolute Gasteiger partial charge is 0.508 e. The average Bonchev–Trinajstić information content (AvgIpc) is 2.54. The van der Waals surface area contributed by atoms with Gasteiger partial charge in [-0.3, -0.25) is 4.79 Å². The zero-order valence-electron chi connectivity index (χ0n) is 13.6. The van der Waals surface area contributed by atoms with Crippen LogP contribution in [0.1, 0.15) is 35.3 Å². The summed E-state index contributed by atoms with van der Waals surface area (Å²) < 4.78 is 13.3. The lowest BCUT2D eigenvalue weighted by molar-refractivity contribution is 0.104. The number of carbonyl (C=O) groups is 1. The van der Waals surface area contributed by atoms with E-state index in [2.05, 4.69) is 0 Å². The van der Waals surface area contributed by atoms with Crippen LogP contribution in [0.25, 0.3) is 6.08 Å². The number of aromatic hydroxyl groups is 2. The van der Waals surface area contributed by atoms with E-state index in [1.54, 1.807) is 12.1 Å². The van der Waals surface area contributed by atoms with E-state index in [1.807, 2.05) is 19.9 Å². The highest BCUT2D eigenvalue weighted by Gasteiger charge is 2.07. The number of ketones is 1. The molecule has 2 aromatic carbocycles. The standard InChI is InChI=1S/C20H19FO3/c1-13(2)3-6-15-12-16(7-10-19(15)23)18(22)8-4-14-5-9-20(24)17(21)11-14/h3-5,7-12,23-24H,6H2,1-2H3/b8-4+. The van der Waals surface area contributed by atoms with Crippen LogP contribution in [0.15, 0.2) is 54.1 Å². The van der Waals surface area contributed by atoms with Crippen molar-refractivity contribution >= 4 is 11.9 Å². The maximum atomic E-state index is 13.3. The molecule has 0 aromatic heterocycles. The predicted octanol–water partition coefficient (Wildman–Crippen LogP) is 4.64. The number of phenolic OH excluding ortho intramolecular Hbond substituents is 2. The number of halogens is 1. The van der Waals surface area contributed by atoms with Crippen molar-refractivity contribution in [2.24, 2.45) is 0 Å². The zero-order valence-corrected chi connectivity index (χ0v) is 13.6. The van der Waals surface area contributed by atoms with Gasteiger partial charge in [0.1, 0.15) is 5.75 Å². The Kier molecular flexibility index (Phi) is 5.53. The van der Waals surface area contributed by atoms with Gasteiger partial charge in [0.2, 0.25) is 0 Å². The van der Waals surface area contributed by atoms with Crippen molar-refractivity contribution < 1.29 is 19.4 Å². The van der Waals surface area contributed by atoms with E-state index in [-0.39, 0.29) is 11.5 Å². The fourth-order valence-corrected chi connectivity index (χ4v) is 2.11. The molecule has 0 atom stereocenters. The van der Waals surface area contributed by atoms with E-state index >= 15 is 0 Å². The van der Waals surface area contributed by atoms with Crippen molar-refractivity contribution in [3.63, 3.8) is 0 Å². The molecule has 3 nitrogen and oxygen atoms in total. The summed E-state index contributed by atoms with van der Waals surface area (Å²) in [5, 5.41) is 19.0. The maximum absolute atomic E-state index is 13.3. The number of rotatable bonds is 5. The second-order valence-electron chi connectivity index (χ2n) is 5.74. The molecule has 0 fully saturated rings. The van der Waals surface area contributed by atoms with E-state index < -0.39 is 11.6 Å². The fourth-order valence-electron chi connectivity index (χ4n) is 2.11. The summed E-state index contributed by atoms with van der Waals surface area (Å²) in [6, 6.07) is 8.59. The van der Waals surface area contributed by atoms with Gasteiger partial charge in [0.25, 0.3) is 0 Å². The first-order valence-corrected chi connectivity index (χ1v) is 7.53. The third kappa shape index (κ3) is 4.56. The lowest BCUT2D eigenvalue weighted by Gasteiger charge is -2.04. The number of hydrogen-bond acceptors (Lipinski definition) is 3. The smallest absolute Gasteiger partial charge is 0.185 e. The zero-order chi connectivity index (χ0) is 17.7. The molecule has 4 heteroatoms. The molecule has 0 saturated heterocycles. The Morgan fingerprint density at radius 2 is 1.79 bits per heavy atom. The molecule has 0 saturated carbocycles. The fraction of sp³-hybridized carbons (Fsp3) is 0.150. The molecule has 124 valence electrons. The first kappa shape index (κ1) is 17.5. The average molecular weight is 326 g/mol. The van der Waals surface area contributed by atoms with Crippen molar-refractivity contribution in [3.8, 4) is 11.5 Å². The molecule has 0 aliphatic heterocycles. The van der Waals surface area contributed by atoms with Crippen molar-refractivity contribution in [2.75, 3.05) is 0 Å². The lowest BCUT2D eigenvalue weighted by atomic mass is 10.0. The van der Waals surface area contributed by atoms with Gasteiger partial charge < -0.3 is 10.2 Å². The van der Waals surface area contributed by atoms with Crippen LogP contribution in [0.5, 0.6) is 11.5 Å². The minimum absolute atomic E-state index is 0.147. The highest BCUT2D eigenvalue weighted by atomic mass is 19.1. The topological polar surface area (TPSA) is 57.5 Å². The molecule has 2 rings (SSSR count). The summed E-state index contributed by atoms with van der Waals surface area (Å²) >= 11 is 0. The molecule has 2 aromatic rings. The normalized spacial score (nSPS) is 10.8. The number of hydrogen-bond donors (Lipinski definition) is 2. The molecule has 2 N–H and O–H groups in total. The molecule has 0 aliphatic carbocycles. The maximum Gasteiger partial charge on any atom is 0.185 e. The Balaban J connectivity index is 2.20. The molecule has 0 unspecified atom stereocenters. The molecule has 0 radical (unpaired) electrons. The predicted molar refractivity (Wildman–Crippen MR) is 92.7 cm³/mol. The van der Waals surface area contributed by atoms with Gasteiger partial charge in [-0.2, -0.15) is 0 Å². The molecule has 0 spiro atoms. The van der Waals surface area contributed by atoms with Crippen molar-refractivity contribution in [3.05, 3.63) is 76.6 Å². The number of phenols is 2. The summed E-state index contributed by atoms with van der Waals surface area (Å²) in [6.07, 6.45) is 5.33. The van der Waals surface area contributed by atoms with Crippen LogP contribution in [-0.4, -0.2) is 16.0 Å². The number of carbonyl (C=O) groups excluding carboxylic acids is 1. The van der Waals surface area contributed by atoms with Crippen molar-refractivity contribution in [1.82, 2.24) is 0 Å². The Morgan fingerprint density at radius 1 is 1.08 bits per heavy atom. The van der Waals surface area contributed by atoms with Crippen LogP contribution >= 0.6 is 0 Å². The summed E-state index contributed by atoms with van der Waals surface area (Å²) in [7, 11) is 0. The molecule has 0 heterocycles. The monoisotopic (exact) mass is 326 g/mol. The molecule has 24 heavy (non-hydrogen) atoms. The van der Waals surface area contributed by atoms with Crippen molar-refractivity contribution in [1.29, 1.82) is 0 Å². The second-order valence-corrected chi connectivity index (χ2v) is 5.74. The highest BCUT2D eigenvalue weighted by Crippen LogP contribution is 2.21. The Hall–Kier alpha value is -2.88. The van der Waals surface area contributed by atoms with Crippen molar-refractivity contribution in [2.45, 2.75) is 20.3 Å². The third-order valence-corrected chi connectivity index (χ3v) is 3.49. The third-order valence-electron chi connectivity index (χ3n) is 3.49. The minimum atomic E-state index is -0.738. The van der Waals surface area contributed by atoms with Crippen LogP contribution in [-0.2, 0) is 6.42 Å². The highest BCUT2D eigenvalue weighted by molar-refractivity contribution is 6.07. The Bertz CT molecular complexity index is 816. The van der Waals surface area contributed by atoms with Gasteiger partial charge in [-0.15, -0.1) is 0 Å². The molecular formula is C20H19FO3. The Morgan fingerprint density at radius 3 is 2.46 bits per heavy atom. The van der Waals surface area contributed by atoms with E-state index in [1.165, 1.54) is 30.4 Å². The minimum Gasteiger partial charge on any atom is -0.508 e. The van der Waals surface area contributed by atoms with Gasteiger partial charge in [-0.25, -0.2) is 4.39 Å². The van der Waals surface area contributed by atoms with Crippen LogP contribution in [0, 0.1) is 5.82 Å². The number of allylic oxidation sites excluding steroid dienone is 3. The van der Waals surface area contributed by atoms with Gasteiger partial charge in [0.05, 0.1) is 0 Å². The summed E-state index contributed by atoms with van der Waals surface area (Å²) in [4.78, 5) is 12.2. The van der Waals surface area contributed by atoms with E-state index in [0.29, 0.717) is 23.1 Å². The molecule has 0 aliphatic rings. The Labute approximate surface area is 140 Å². The van der Waals surface area contributed by atoms with Crippen LogP contribution in [0.2, 0.25) is 0 Å². The lowest BCUT2D eigenvalue weighted by Crippen LogP contribution is -1.96. The summed E-state index contributed by atoms with van der Waals surface area (Å²) in [5.41, 5.74) is 2.72. The van der Waals surface area contributed by atoms with E-state index in [9.17, 15) is 14.3 Å². The quantitative estimate of drug-likeness (QED) is 0.478. The van der Waals surface area contributed by atoms with Crippen LogP contribution < -0.4 is 0 Å². The van der Waals surface area contributed by atoms with Gasteiger partial charge in [-0.1, -0.05) is 23.8 Å². The van der Waals surface area contributed by atoms with Gasteiger partial charge in [-0.05, 0) is 67.8 Å². The molecule has 0 bridgehead atoms.